The first kappa shape index (κ1) is 14.9. The Labute approximate surface area is 121 Å². The molecule has 1 amide bonds. The fraction of sp³-hybridized carbons (Fsp3) is 0.588. The van der Waals surface area contributed by atoms with Crippen molar-refractivity contribution < 1.29 is 9.53 Å². The zero-order valence-corrected chi connectivity index (χ0v) is 13.1. The summed E-state index contributed by atoms with van der Waals surface area (Å²) < 4.78 is 5.43. The summed E-state index contributed by atoms with van der Waals surface area (Å²) in [6, 6.07) is 10.5. The molecule has 1 aromatic carbocycles. The van der Waals surface area contributed by atoms with Crippen LogP contribution in [0.5, 0.6) is 0 Å². The standard InChI is InChI=1S/C17H25NO2/c1-13-11-17(13,14-9-7-6-8-10-14)12-18(5)15(19)20-16(2,3)4/h6-10,13H,11-12H2,1-5H3. The van der Waals surface area contributed by atoms with Crippen molar-refractivity contribution in [1.82, 2.24) is 4.90 Å². The van der Waals surface area contributed by atoms with Crippen LogP contribution in [-0.2, 0) is 10.2 Å². The van der Waals surface area contributed by atoms with Crippen molar-refractivity contribution >= 4 is 6.09 Å². The van der Waals surface area contributed by atoms with Crippen LogP contribution in [0.15, 0.2) is 30.3 Å². The third kappa shape index (κ3) is 3.14. The summed E-state index contributed by atoms with van der Waals surface area (Å²) in [6.45, 7) is 8.64. The Morgan fingerprint density at radius 1 is 1.35 bits per heavy atom. The van der Waals surface area contributed by atoms with E-state index in [9.17, 15) is 4.79 Å². The SMILES string of the molecule is CC1CC1(CN(C)C(=O)OC(C)(C)C)c1ccccc1. The molecule has 1 aliphatic carbocycles. The maximum atomic E-state index is 12.1. The van der Waals surface area contributed by atoms with Gasteiger partial charge in [0.05, 0.1) is 0 Å². The highest BCUT2D eigenvalue weighted by Crippen LogP contribution is 2.54. The van der Waals surface area contributed by atoms with Crippen LogP contribution in [0.3, 0.4) is 0 Å². The third-order valence-corrected chi connectivity index (χ3v) is 4.03. The number of benzene rings is 1. The van der Waals surface area contributed by atoms with Gasteiger partial charge in [0.2, 0.25) is 0 Å². The summed E-state index contributed by atoms with van der Waals surface area (Å²) in [7, 11) is 1.82. The molecule has 0 aliphatic heterocycles. The molecule has 2 unspecified atom stereocenters. The number of carbonyl (C=O) groups is 1. The average molecular weight is 275 g/mol. The van der Waals surface area contributed by atoms with Gasteiger partial charge in [-0.3, -0.25) is 0 Å². The number of carbonyl (C=O) groups excluding carboxylic acids is 1. The maximum absolute atomic E-state index is 12.1. The molecule has 0 bridgehead atoms. The summed E-state index contributed by atoms with van der Waals surface area (Å²) in [5, 5.41) is 0. The minimum Gasteiger partial charge on any atom is -0.444 e. The zero-order chi connectivity index (χ0) is 15.0. The molecule has 0 heterocycles. The lowest BCUT2D eigenvalue weighted by Gasteiger charge is -2.28. The monoisotopic (exact) mass is 275 g/mol. The van der Waals surface area contributed by atoms with Crippen LogP contribution in [0.2, 0.25) is 0 Å². The Bertz CT molecular complexity index is 478. The molecule has 2 atom stereocenters. The number of nitrogens with zero attached hydrogens (tertiary/aromatic N) is 1. The molecular formula is C17H25NO2. The molecule has 3 nitrogen and oxygen atoms in total. The maximum Gasteiger partial charge on any atom is 0.410 e. The number of hydrogen-bond donors (Lipinski definition) is 0. The average Bonchev–Trinajstić information content (AvgIpc) is 3.00. The predicted molar refractivity (Wildman–Crippen MR) is 80.8 cm³/mol. The Morgan fingerprint density at radius 3 is 2.35 bits per heavy atom. The van der Waals surface area contributed by atoms with E-state index >= 15 is 0 Å². The molecule has 1 aromatic rings. The highest BCUT2D eigenvalue weighted by atomic mass is 16.6. The van der Waals surface area contributed by atoms with Gasteiger partial charge in [-0.2, -0.15) is 0 Å². The molecule has 0 aromatic heterocycles. The van der Waals surface area contributed by atoms with Gasteiger partial charge in [-0.1, -0.05) is 37.3 Å². The van der Waals surface area contributed by atoms with Gasteiger partial charge >= 0.3 is 6.09 Å². The van der Waals surface area contributed by atoms with E-state index in [2.05, 4.69) is 31.2 Å². The molecule has 20 heavy (non-hydrogen) atoms. The Balaban J connectivity index is 2.07. The van der Waals surface area contributed by atoms with Gasteiger partial charge in [0.15, 0.2) is 0 Å². The van der Waals surface area contributed by atoms with E-state index in [1.807, 2.05) is 33.9 Å². The van der Waals surface area contributed by atoms with Crippen molar-refractivity contribution in [3.8, 4) is 0 Å². The summed E-state index contributed by atoms with van der Waals surface area (Å²) in [4.78, 5) is 13.8. The highest BCUT2D eigenvalue weighted by molar-refractivity contribution is 5.68. The van der Waals surface area contributed by atoms with Gasteiger partial charge in [0.25, 0.3) is 0 Å². The van der Waals surface area contributed by atoms with Crippen molar-refractivity contribution in [3.05, 3.63) is 35.9 Å². The second kappa shape index (κ2) is 5.12. The lowest BCUT2D eigenvalue weighted by Crippen LogP contribution is -2.39. The van der Waals surface area contributed by atoms with Gasteiger partial charge in [-0.25, -0.2) is 4.79 Å². The van der Waals surface area contributed by atoms with E-state index < -0.39 is 5.60 Å². The second-order valence-electron chi connectivity index (χ2n) is 6.96. The lowest BCUT2D eigenvalue weighted by molar-refractivity contribution is 0.0280. The predicted octanol–water partition coefficient (Wildman–Crippen LogP) is 3.83. The number of rotatable bonds is 3. The van der Waals surface area contributed by atoms with Crippen molar-refractivity contribution in [3.63, 3.8) is 0 Å². The van der Waals surface area contributed by atoms with Gasteiger partial charge in [0.1, 0.15) is 5.60 Å². The molecule has 0 radical (unpaired) electrons. The van der Waals surface area contributed by atoms with E-state index in [1.54, 1.807) is 4.90 Å². The Hall–Kier alpha value is -1.51. The lowest BCUT2D eigenvalue weighted by atomic mass is 9.93. The highest BCUT2D eigenvalue weighted by Gasteiger charge is 2.53. The molecule has 3 heteroatoms. The van der Waals surface area contributed by atoms with Gasteiger partial charge in [-0.15, -0.1) is 0 Å². The quantitative estimate of drug-likeness (QED) is 0.839. The zero-order valence-electron chi connectivity index (χ0n) is 13.1. The molecule has 0 spiro atoms. The van der Waals surface area contributed by atoms with Crippen LogP contribution in [0.1, 0.15) is 39.7 Å². The molecule has 1 aliphatic rings. The smallest absolute Gasteiger partial charge is 0.410 e. The van der Waals surface area contributed by atoms with Gasteiger partial charge < -0.3 is 9.64 Å². The number of ether oxygens (including phenoxy) is 1. The minimum atomic E-state index is -0.444. The molecule has 2 rings (SSSR count). The van der Waals surface area contributed by atoms with Crippen LogP contribution < -0.4 is 0 Å². The molecule has 0 N–H and O–H groups in total. The van der Waals surface area contributed by atoms with Crippen LogP contribution in [0, 0.1) is 5.92 Å². The van der Waals surface area contributed by atoms with Crippen LogP contribution in [0.25, 0.3) is 0 Å². The summed E-state index contributed by atoms with van der Waals surface area (Å²) in [5.74, 6) is 0.606. The van der Waals surface area contributed by atoms with Crippen molar-refractivity contribution in [1.29, 1.82) is 0 Å². The summed E-state index contributed by atoms with van der Waals surface area (Å²) in [6.07, 6.45) is 0.886. The van der Waals surface area contributed by atoms with E-state index in [0.717, 1.165) is 6.42 Å². The van der Waals surface area contributed by atoms with Crippen LogP contribution >= 0.6 is 0 Å². The fourth-order valence-electron chi connectivity index (χ4n) is 2.80. The van der Waals surface area contributed by atoms with Gasteiger partial charge in [-0.05, 0) is 38.7 Å². The first-order valence-electron chi connectivity index (χ1n) is 7.24. The van der Waals surface area contributed by atoms with Crippen LogP contribution in [-0.4, -0.2) is 30.2 Å². The number of amides is 1. The molecule has 110 valence electrons. The van der Waals surface area contributed by atoms with E-state index in [-0.39, 0.29) is 11.5 Å². The minimum absolute atomic E-state index is 0.104. The van der Waals surface area contributed by atoms with Crippen molar-refractivity contribution in [2.45, 2.75) is 45.1 Å². The Morgan fingerprint density at radius 2 is 1.90 bits per heavy atom. The molecule has 0 saturated heterocycles. The van der Waals surface area contributed by atoms with E-state index in [1.165, 1.54) is 5.56 Å². The first-order chi connectivity index (χ1) is 9.24. The largest absolute Gasteiger partial charge is 0.444 e. The third-order valence-electron chi connectivity index (χ3n) is 4.03. The van der Waals surface area contributed by atoms with Crippen molar-refractivity contribution in [2.75, 3.05) is 13.6 Å². The molecular weight excluding hydrogens is 250 g/mol. The van der Waals surface area contributed by atoms with Crippen molar-refractivity contribution in [2.24, 2.45) is 5.92 Å². The number of hydrogen-bond acceptors (Lipinski definition) is 2. The molecule has 1 saturated carbocycles. The molecule has 1 fully saturated rings. The van der Waals surface area contributed by atoms with E-state index in [0.29, 0.717) is 12.5 Å². The Kier molecular flexibility index (Phi) is 3.81. The fourth-order valence-corrected chi connectivity index (χ4v) is 2.80. The van der Waals surface area contributed by atoms with Crippen LogP contribution in [0.4, 0.5) is 4.79 Å². The topological polar surface area (TPSA) is 29.5 Å². The summed E-state index contributed by atoms with van der Waals surface area (Å²) >= 11 is 0. The van der Waals surface area contributed by atoms with E-state index in [4.69, 9.17) is 4.74 Å². The number of likely N-dealkylation sites (N-methyl/N-ethyl adjacent to an activating group) is 1. The normalized spacial score (nSPS) is 25.1. The first-order valence-corrected chi connectivity index (χ1v) is 7.24. The second-order valence-corrected chi connectivity index (χ2v) is 6.96. The van der Waals surface area contributed by atoms with Gasteiger partial charge in [0, 0.05) is 19.0 Å². The summed E-state index contributed by atoms with van der Waals surface area (Å²) in [5.41, 5.74) is 0.982.